The van der Waals surface area contributed by atoms with E-state index in [1.54, 1.807) is 0 Å². The molecule has 0 saturated carbocycles. The smallest absolute Gasteiger partial charge is 0.315 e. The van der Waals surface area contributed by atoms with Gasteiger partial charge in [-0.1, -0.05) is 12.1 Å². The second-order valence-electron chi connectivity index (χ2n) is 5.01. The molecule has 0 radical (unpaired) electrons. The van der Waals surface area contributed by atoms with E-state index < -0.39 is 6.10 Å². The zero-order valence-corrected chi connectivity index (χ0v) is 12.0. The maximum atomic E-state index is 11.4. The molecule has 1 unspecified atom stereocenters. The van der Waals surface area contributed by atoms with Crippen molar-refractivity contribution in [3.8, 4) is 0 Å². The van der Waals surface area contributed by atoms with Crippen LogP contribution < -0.4 is 15.5 Å². The lowest BCUT2D eigenvalue weighted by Crippen LogP contribution is -2.41. The average molecular weight is 265 g/mol. The number of carbonyl (C=O) groups is 1. The molecule has 0 aliphatic rings. The van der Waals surface area contributed by atoms with Crippen molar-refractivity contribution in [2.45, 2.75) is 26.0 Å². The Hall–Kier alpha value is -1.75. The fourth-order valence-electron chi connectivity index (χ4n) is 1.62. The zero-order valence-electron chi connectivity index (χ0n) is 12.0. The van der Waals surface area contributed by atoms with Crippen LogP contribution in [-0.2, 0) is 0 Å². The van der Waals surface area contributed by atoms with Gasteiger partial charge in [0, 0.05) is 32.4 Å². The minimum atomic E-state index is -0.700. The minimum absolute atomic E-state index is 0.0801. The molecule has 2 amide bonds. The number of aliphatic hydroxyl groups is 1. The van der Waals surface area contributed by atoms with Crippen LogP contribution in [0.4, 0.5) is 10.5 Å². The maximum absolute atomic E-state index is 11.4. The van der Waals surface area contributed by atoms with Gasteiger partial charge < -0.3 is 20.6 Å². The highest BCUT2D eigenvalue weighted by Gasteiger charge is 2.10. The van der Waals surface area contributed by atoms with Crippen molar-refractivity contribution in [3.05, 3.63) is 29.8 Å². The van der Waals surface area contributed by atoms with Crippen molar-refractivity contribution in [2.75, 3.05) is 25.5 Å². The first-order valence-electron chi connectivity index (χ1n) is 6.40. The summed E-state index contributed by atoms with van der Waals surface area (Å²) in [6, 6.07) is 7.42. The fraction of sp³-hybridized carbons (Fsp3) is 0.500. The second kappa shape index (κ2) is 6.99. The molecule has 0 aliphatic carbocycles. The number of rotatable bonds is 5. The summed E-state index contributed by atoms with van der Waals surface area (Å²) >= 11 is 0. The molecular formula is C14H23N3O2. The Bertz CT molecular complexity index is 402. The minimum Gasteiger partial charge on any atom is -0.387 e. The van der Waals surface area contributed by atoms with Gasteiger partial charge in [0.25, 0.3) is 0 Å². The van der Waals surface area contributed by atoms with Crippen LogP contribution in [0.25, 0.3) is 0 Å². The third-order valence-electron chi connectivity index (χ3n) is 2.67. The van der Waals surface area contributed by atoms with E-state index in [1.807, 2.05) is 57.1 Å². The largest absolute Gasteiger partial charge is 0.387 e. The van der Waals surface area contributed by atoms with Gasteiger partial charge in [-0.3, -0.25) is 0 Å². The Morgan fingerprint density at radius 1 is 1.26 bits per heavy atom. The Morgan fingerprint density at radius 2 is 1.84 bits per heavy atom. The zero-order chi connectivity index (χ0) is 14.4. The van der Waals surface area contributed by atoms with E-state index in [0.717, 1.165) is 11.3 Å². The first-order valence-corrected chi connectivity index (χ1v) is 6.40. The van der Waals surface area contributed by atoms with Crippen LogP contribution in [-0.4, -0.2) is 37.8 Å². The van der Waals surface area contributed by atoms with E-state index in [0.29, 0.717) is 0 Å². The lowest BCUT2D eigenvalue weighted by Gasteiger charge is -2.16. The number of carbonyl (C=O) groups excluding carboxylic acids is 1. The summed E-state index contributed by atoms with van der Waals surface area (Å²) in [5.74, 6) is 0. The van der Waals surface area contributed by atoms with E-state index >= 15 is 0 Å². The monoisotopic (exact) mass is 265 g/mol. The van der Waals surface area contributed by atoms with Crippen molar-refractivity contribution < 1.29 is 9.90 Å². The lowest BCUT2D eigenvalue weighted by molar-refractivity contribution is 0.172. The van der Waals surface area contributed by atoms with Crippen LogP contribution >= 0.6 is 0 Å². The van der Waals surface area contributed by atoms with E-state index in [1.165, 1.54) is 0 Å². The average Bonchev–Trinajstić information content (AvgIpc) is 2.35. The quantitative estimate of drug-likeness (QED) is 0.756. The molecule has 106 valence electrons. The first kappa shape index (κ1) is 15.3. The summed E-state index contributed by atoms with van der Waals surface area (Å²) in [7, 11) is 3.92. The molecule has 0 aromatic heterocycles. The molecule has 0 spiro atoms. The van der Waals surface area contributed by atoms with Crippen LogP contribution in [0.5, 0.6) is 0 Å². The Kier molecular flexibility index (Phi) is 5.63. The molecule has 1 rings (SSSR count). The third kappa shape index (κ3) is 5.18. The Morgan fingerprint density at radius 3 is 2.32 bits per heavy atom. The topological polar surface area (TPSA) is 64.6 Å². The number of nitrogens with one attached hydrogen (secondary N) is 2. The van der Waals surface area contributed by atoms with Crippen LogP contribution in [0.2, 0.25) is 0 Å². The highest BCUT2D eigenvalue weighted by molar-refractivity contribution is 5.74. The van der Waals surface area contributed by atoms with Crippen LogP contribution in [0.15, 0.2) is 24.3 Å². The normalized spacial score (nSPS) is 12.1. The van der Waals surface area contributed by atoms with Gasteiger partial charge in [-0.2, -0.15) is 0 Å². The van der Waals surface area contributed by atoms with Crippen molar-refractivity contribution in [1.82, 2.24) is 10.6 Å². The van der Waals surface area contributed by atoms with Crippen LogP contribution in [0.1, 0.15) is 25.5 Å². The summed E-state index contributed by atoms with van der Waals surface area (Å²) in [5, 5.41) is 15.3. The molecule has 0 fully saturated rings. The first-order chi connectivity index (χ1) is 8.90. The van der Waals surface area contributed by atoms with Gasteiger partial charge in [-0.15, -0.1) is 0 Å². The number of urea groups is 1. The number of nitrogens with zero attached hydrogens (tertiary/aromatic N) is 1. The van der Waals surface area contributed by atoms with Gasteiger partial charge in [-0.05, 0) is 31.5 Å². The van der Waals surface area contributed by atoms with E-state index in [-0.39, 0.29) is 18.6 Å². The molecule has 1 aromatic carbocycles. The van der Waals surface area contributed by atoms with Gasteiger partial charge in [0.15, 0.2) is 0 Å². The lowest BCUT2D eigenvalue weighted by atomic mass is 10.1. The summed E-state index contributed by atoms with van der Waals surface area (Å²) < 4.78 is 0. The number of amides is 2. The summed E-state index contributed by atoms with van der Waals surface area (Å²) in [6.45, 7) is 3.96. The molecule has 0 saturated heterocycles. The van der Waals surface area contributed by atoms with E-state index in [2.05, 4.69) is 10.6 Å². The molecule has 3 N–H and O–H groups in total. The SMILES string of the molecule is CC(C)NC(=O)NCC(O)c1ccc(N(C)C)cc1. The van der Waals surface area contributed by atoms with Gasteiger partial charge in [-0.25, -0.2) is 4.79 Å². The van der Waals surface area contributed by atoms with Gasteiger partial charge in [0.2, 0.25) is 0 Å². The molecule has 19 heavy (non-hydrogen) atoms. The highest BCUT2D eigenvalue weighted by atomic mass is 16.3. The predicted octanol–water partition coefficient (Wildman–Crippen LogP) is 1.49. The summed E-state index contributed by atoms with van der Waals surface area (Å²) in [6.07, 6.45) is -0.700. The van der Waals surface area contributed by atoms with Crippen molar-refractivity contribution in [1.29, 1.82) is 0 Å². The molecular weight excluding hydrogens is 242 g/mol. The number of anilines is 1. The Labute approximate surface area is 114 Å². The molecule has 0 bridgehead atoms. The van der Waals surface area contributed by atoms with Crippen molar-refractivity contribution in [2.24, 2.45) is 0 Å². The van der Waals surface area contributed by atoms with E-state index in [9.17, 15) is 9.90 Å². The van der Waals surface area contributed by atoms with Crippen LogP contribution in [0, 0.1) is 0 Å². The third-order valence-corrected chi connectivity index (χ3v) is 2.67. The van der Waals surface area contributed by atoms with Crippen LogP contribution in [0.3, 0.4) is 0 Å². The van der Waals surface area contributed by atoms with Gasteiger partial charge in [0.05, 0.1) is 6.10 Å². The molecule has 1 atom stereocenters. The van der Waals surface area contributed by atoms with Crippen molar-refractivity contribution >= 4 is 11.7 Å². The van der Waals surface area contributed by atoms with Crippen molar-refractivity contribution in [3.63, 3.8) is 0 Å². The number of hydrogen-bond acceptors (Lipinski definition) is 3. The molecule has 5 heteroatoms. The highest BCUT2D eigenvalue weighted by Crippen LogP contribution is 2.17. The predicted molar refractivity (Wildman–Crippen MR) is 77.4 cm³/mol. The fourth-order valence-corrected chi connectivity index (χ4v) is 1.62. The molecule has 0 aliphatic heterocycles. The van der Waals surface area contributed by atoms with Gasteiger partial charge >= 0.3 is 6.03 Å². The second-order valence-corrected chi connectivity index (χ2v) is 5.01. The summed E-state index contributed by atoms with van der Waals surface area (Å²) in [4.78, 5) is 13.4. The Balaban J connectivity index is 2.49. The van der Waals surface area contributed by atoms with Gasteiger partial charge in [0.1, 0.15) is 0 Å². The molecule has 1 aromatic rings. The standard InChI is InChI=1S/C14H23N3O2/c1-10(2)16-14(19)15-9-13(18)11-5-7-12(8-6-11)17(3)4/h5-8,10,13,18H,9H2,1-4H3,(H2,15,16,19). The summed E-state index contributed by atoms with van der Waals surface area (Å²) in [5.41, 5.74) is 1.86. The maximum Gasteiger partial charge on any atom is 0.315 e. The number of hydrogen-bond donors (Lipinski definition) is 3. The number of aliphatic hydroxyl groups excluding tert-OH is 1. The molecule has 0 heterocycles. The van der Waals surface area contributed by atoms with E-state index in [4.69, 9.17) is 0 Å². The number of benzene rings is 1. The molecule has 5 nitrogen and oxygen atoms in total.